The van der Waals surface area contributed by atoms with Crippen LogP contribution in [0.15, 0.2) is 48.8 Å². The smallest absolute Gasteiger partial charge is 0.240 e. The number of amides is 1. The van der Waals surface area contributed by atoms with E-state index in [2.05, 4.69) is 16.4 Å². The quantitative estimate of drug-likeness (QED) is 0.648. The second-order valence-electron chi connectivity index (χ2n) is 7.75. The Morgan fingerprint density at radius 1 is 1.21 bits per heavy atom. The lowest BCUT2D eigenvalue weighted by Gasteiger charge is -2.19. The molecule has 2 aromatic carbocycles. The van der Waals surface area contributed by atoms with Crippen molar-refractivity contribution in [3.05, 3.63) is 65.5 Å². The number of imidazole rings is 1. The minimum Gasteiger partial charge on any atom is -0.348 e. The Hall–Kier alpha value is -3.46. The predicted molar refractivity (Wildman–Crippen MR) is 111 cm³/mol. The number of hydrogen-bond donors (Lipinski definition) is 1. The third-order valence-electron chi connectivity index (χ3n) is 5.12. The van der Waals surface area contributed by atoms with Crippen LogP contribution in [0.25, 0.3) is 11.0 Å². The summed E-state index contributed by atoms with van der Waals surface area (Å²) >= 11 is 0. The summed E-state index contributed by atoms with van der Waals surface area (Å²) in [6.07, 6.45) is 1.58. The van der Waals surface area contributed by atoms with Crippen LogP contribution in [-0.2, 0) is 16.8 Å². The Bertz CT molecular complexity index is 1100. The van der Waals surface area contributed by atoms with Gasteiger partial charge < -0.3 is 9.88 Å². The molecule has 1 N–H and O–H groups in total. The van der Waals surface area contributed by atoms with Crippen LogP contribution >= 0.6 is 0 Å². The molecule has 0 unspecified atom stereocenters. The highest BCUT2D eigenvalue weighted by Crippen LogP contribution is 2.24. The zero-order valence-corrected chi connectivity index (χ0v) is 17.1. The molecule has 0 bridgehead atoms. The fraction of sp³-hybridized carbons (Fsp3) is 0.304. The van der Waals surface area contributed by atoms with Crippen LogP contribution in [0, 0.1) is 11.3 Å². The molecule has 6 heteroatoms. The zero-order valence-electron chi connectivity index (χ0n) is 17.1. The molecule has 0 saturated carbocycles. The zero-order chi connectivity index (χ0) is 21.2. The number of aromatic nitrogens is 2. The Labute approximate surface area is 170 Å². The van der Waals surface area contributed by atoms with Crippen molar-refractivity contribution in [3.8, 4) is 6.07 Å². The van der Waals surface area contributed by atoms with Crippen LogP contribution < -0.4 is 5.32 Å². The Morgan fingerprint density at radius 2 is 1.90 bits per heavy atom. The van der Waals surface area contributed by atoms with Crippen molar-refractivity contribution < 1.29 is 9.59 Å². The maximum Gasteiger partial charge on any atom is 0.240 e. The van der Waals surface area contributed by atoms with Gasteiger partial charge in [-0.3, -0.25) is 9.59 Å². The summed E-state index contributed by atoms with van der Waals surface area (Å²) in [6.45, 7) is 7.24. The van der Waals surface area contributed by atoms with Gasteiger partial charge >= 0.3 is 0 Å². The van der Waals surface area contributed by atoms with Crippen LogP contribution in [0.1, 0.15) is 55.2 Å². The van der Waals surface area contributed by atoms with Gasteiger partial charge in [0, 0.05) is 5.56 Å². The van der Waals surface area contributed by atoms with E-state index in [9.17, 15) is 14.9 Å². The van der Waals surface area contributed by atoms with E-state index in [4.69, 9.17) is 0 Å². The number of ketones is 1. The molecule has 29 heavy (non-hydrogen) atoms. The van der Waals surface area contributed by atoms with Gasteiger partial charge in [0.25, 0.3) is 0 Å². The van der Waals surface area contributed by atoms with Crippen LogP contribution in [0.4, 0.5) is 0 Å². The van der Waals surface area contributed by atoms with E-state index in [1.165, 1.54) is 6.92 Å². The molecule has 1 heterocycles. The van der Waals surface area contributed by atoms with E-state index < -0.39 is 5.41 Å². The van der Waals surface area contributed by atoms with Gasteiger partial charge in [-0.1, -0.05) is 30.3 Å². The minimum absolute atomic E-state index is 0.0634. The molecular formula is C23H24N4O2. The maximum atomic E-state index is 12.6. The van der Waals surface area contributed by atoms with Crippen molar-refractivity contribution in [1.82, 2.24) is 14.9 Å². The number of hydrogen-bond acceptors (Lipinski definition) is 4. The number of Topliss-reactive ketones (excluding diaryl/α,β-unsaturated/α-hetero) is 1. The van der Waals surface area contributed by atoms with Gasteiger partial charge in [0.05, 0.1) is 34.9 Å². The molecular weight excluding hydrogens is 364 g/mol. The van der Waals surface area contributed by atoms with E-state index >= 15 is 0 Å². The number of nitriles is 1. The largest absolute Gasteiger partial charge is 0.348 e. The first kappa shape index (κ1) is 20.3. The number of carbonyl (C=O) groups is 2. The Morgan fingerprint density at radius 3 is 2.52 bits per heavy atom. The average molecular weight is 388 g/mol. The number of para-hydroxylation sites is 1. The third-order valence-corrected chi connectivity index (χ3v) is 5.12. The van der Waals surface area contributed by atoms with Crippen LogP contribution in [0.2, 0.25) is 0 Å². The van der Waals surface area contributed by atoms with Gasteiger partial charge in [-0.15, -0.1) is 0 Å². The summed E-state index contributed by atoms with van der Waals surface area (Å²) in [5.74, 6) is -0.233. The lowest BCUT2D eigenvalue weighted by atomic mass is 9.85. The summed E-state index contributed by atoms with van der Waals surface area (Å²) in [7, 11) is 0. The first-order valence-electron chi connectivity index (χ1n) is 9.49. The third kappa shape index (κ3) is 4.19. The van der Waals surface area contributed by atoms with Gasteiger partial charge in [0.1, 0.15) is 6.54 Å². The SMILES string of the molecule is CC(=O)c1cccc2ncn(CC(=O)N[C@@H](C)c3ccc(C(C)(C)C#N)cc3)c12. The van der Waals surface area contributed by atoms with Gasteiger partial charge in [0.15, 0.2) is 5.78 Å². The molecule has 0 aliphatic carbocycles. The topological polar surface area (TPSA) is 87.8 Å². The highest BCUT2D eigenvalue weighted by atomic mass is 16.2. The van der Waals surface area contributed by atoms with Crippen molar-refractivity contribution in [2.75, 3.05) is 0 Å². The van der Waals surface area contributed by atoms with Crippen molar-refractivity contribution in [2.24, 2.45) is 0 Å². The Balaban J connectivity index is 1.74. The molecule has 0 fully saturated rings. The van der Waals surface area contributed by atoms with Gasteiger partial charge in [0.2, 0.25) is 5.91 Å². The maximum absolute atomic E-state index is 12.6. The monoisotopic (exact) mass is 388 g/mol. The molecule has 1 atom stereocenters. The highest BCUT2D eigenvalue weighted by Gasteiger charge is 2.20. The van der Waals surface area contributed by atoms with E-state index in [0.717, 1.165) is 11.1 Å². The van der Waals surface area contributed by atoms with E-state index in [1.807, 2.05) is 51.1 Å². The second-order valence-corrected chi connectivity index (χ2v) is 7.75. The normalized spacial score (nSPS) is 12.4. The molecule has 0 saturated heterocycles. The highest BCUT2D eigenvalue weighted by molar-refractivity contribution is 6.05. The average Bonchev–Trinajstić information content (AvgIpc) is 3.10. The minimum atomic E-state index is -0.554. The number of nitrogens with zero attached hydrogens (tertiary/aromatic N) is 3. The van der Waals surface area contributed by atoms with Gasteiger partial charge in [-0.05, 0) is 51.0 Å². The van der Waals surface area contributed by atoms with Crippen molar-refractivity contribution in [1.29, 1.82) is 5.26 Å². The first-order chi connectivity index (χ1) is 13.7. The molecule has 6 nitrogen and oxygen atoms in total. The number of rotatable bonds is 6. The molecule has 1 aromatic heterocycles. The molecule has 0 aliphatic rings. The summed E-state index contributed by atoms with van der Waals surface area (Å²) in [4.78, 5) is 28.8. The summed E-state index contributed by atoms with van der Waals surface area (Å²) < 4.78 is 1.70. The van der Waals surface area contributed by atoms with Crippen LogP contribution in [-0.4, -0.2) is 21.2 Å². The fourth-order valence-electron chi connectivity index (χ4n) is 3.31. The molecule has 3 rings (SSSR count). The summed E-state index contributed by atoms with van der Waals surface area (Å²) in [5.41, 5.74) is 3.25. The van der Waals surface area contributed by atoms with Crippen LogP contribution in [0.3, 0.4) is 0 Å². The van der Waals surface area contributed by atoms with E-state index in [0.29, 0.717) is 16.6 Å². The van der Waals surface area contributed by atoms with Crippen molar-refractivity contribution in [2.45, 2.75) is 45.7 Å². The molecule has 148 valence electrons. The van der Waals surface area contributed by atoms with E-state index in [1.54, 1.807) is 23.0 Å². The molecule has 3 aromatic rings. The molecule has 1 amide bonds. The first-order valence-corrected chi connectivity index (χ1v) is 9.49. The predicted octanol–water partition coefficient (Wildman–Crippen LogP) is 3.92. The fourth-order valence-corrected chi connectivity index (χ4v) is 3.31. The standard InChI is InChI=1S/C23H24N4O2/c1-15(17-8-10-18(11-9-17)23(3,4)13-24)26-21(29)12-27-14-25-20-7-5-6-19(16(2)28)22(20)27/h5-11,14-15H,12H2,1-4H3,(H,26,29)/t15-/m0/s1. The summed E-state index contributed by atoms with van der Waals surface area (Å²) in [5, 5.41) is 12.2. The van der Waals surface area contributed by atoms with Crippen molar-refractivity contribution in [3.63, 3.8) is 0 Å². The lowest BCUT2D eigenvalue weighted by molar-refractivity contribution is -0.122. The second kappa shape index (κ2) is 7.88. The molecule has 0 spiro atoms. The van der Waals surface area contributed by atoms with Crippen molar-refractivity contribution >= 4 is 22.7 Å². The lowest BCUT2D eigenvalue weighted by Crippen LogP contribution is -2.30. The summed E-state index contributed by atoms with van der Waals surface area (Å²) in [6, 6.07) is 15.2. The number of benzene rings is 2. The van der Waals surface area contributed by atoms with Gasteiger partial charge in [-0.2, -0.15) is 5.26 Å². The number of fused-ring (bicyclic) bond motifs is 1. The molecule has 0 aliphatic heterocycles. The number of carbonyl (C=O) groups excluding carboxylic acids is 2. The van der Waals surface area contributed by atoms with Gasteiger partial charge in [-0.25, -0.2) is 4.98 Å². The van der Waals surface area contributed by atoms with Crippen LogP contribution in [0.5, 0.6) is 0 Å². The molecule has 0 radical (unpaired) electrons. The number of nitrogens with one attached hydrogen (secondary N) is 1. The Kier molecular flexibility index (Phi) is 5.51. The van der Waals surface area contributed by atoms with E-state index in [-0.39, 0.29) is 24.3 Å².